The van der Waals surface area contributed by atoms with Gasteiger partial charge in [-0.2, -0.15) is 0 Å². The molecule has 0 atom stereocenters. The molecule has 1 aliphatic heterocycles. The summed E-state index contributed by atoms with van der Waals surface area (Å²) in [6.07, 6.45) is 1.76. The monoisotopic (exact) mass is 171 g/mol. The lowest BCUT2D eigenvalue weighted by atomic mass is 9.77. The summed E-state index contributed by atoms with van der Waals surface area (Å²) in [5.74, 6) is -0.00407. The fraction of sp³-hybridized carbons (Fsp3) is 0.889. The van der Waals surface area contributed by atoms with Crippen LogP contribution in [0, 0.1) is 5.41 Å². The molecule has 3 nitrogen and oxygen atoms in total. The zero-order chi connectivity index (χ0) is 9.19. The molecule has 0 amide bonds. The fourth-order valence-corrected chi connectivity index (χ4v) is 1.58. The van der Waals surface area contributed by atoms with Gasteiger partial charge in [0.15, 0.2) is 5.78 Å². The average molecular weight is 171 g/mol. The summed E-state index contributed by atoms with van der Waals surface area (Å²) >= 11 is 0. The lowest BCUT2D eigenvalue weighted by Crippen LogP contribution is -2.42. The zero-order valence-electron chi connectivity index (χ0n) is 7.84. The number of hydrogen-bond donors (Lipinski definition) is 1. The highest BCUT2D eigenvalue weighted by Gasteiger charge is 2.34. The first-order valence-corrected chi connectivity index (χ1v) is 4.41. The highest BCUT2D eigenvalue weighted by Crippen LogP contribution is 2.30. The Hall–Kier alpha value is -0.410. The summed E-state index contributed by atoms with van der Waals surface area (Å²) in [6, 6.07) is 0. The fourth-order valence-electron chi connectivity index (χ4n) is 1.58. The topological polar surface area (TPSA) is 40.5 Å². The van der Waals surface area contributed by atoms with Crippen LogP contribution in [0.4, 0.5) is 0 Å². The molecule has 0 radical (unpaired) electrons. The molecule has 1 rings (SSSR count). The molecule has 1 aliphatic rings. The predicted octanol–water partition coefficient (Wildman–Crippen LogP) is 0.280. The molecule has 0 aromatic heterocycles. The van der Waals surface area contributed by atoms with Crippen molar-refractivity contribution in [2.75, 3.05) is 26.7 Å². The number of carbonyl (C=O) groups excluding carboxylic acids is 1. The van der Waals surface area contributed by atoms with Crippen molar-refractivity contribution in [2.45, 2.75) is 19.8 Å². The van der Waals surface area contributed by atoms with Gasteiger partial charge in [0.25, 0.3) is 0 Å². The van der Waals surface area contributed by atoms with Crippen LogP contribution >= 0.6 is 0 Å². The van der Waals surface area contributed by atoms with E-state index >= 15 is 0 Å². The molecule has 70 valence electrons. The van der Waals surface area contributed by atoms with E-state index < -0.39 is 0 Å². The lowest BCUT2D eigenvalue weighted by Gasteiger charge is -2.36. The molecular formula is C9H17NO2. The van der Waals surface area contributed by atoms with E-state index in [1.165, 1.54) is 0 Å². The van der Waals surface area contributed by atoms with Crippen molar-refractivity contribution in [3.8, 4) is 0 Å². The zero-order valence-corrected chi connectivity index (χ0v) is 7.84. The standard InChI is InChI=1S/C9H17NO2/c1-9(8(12)7-11)3-5-10(2)6-4-9/h11H,3-7H2,1-2H3. The molecule has 0 unspecified atom stereocenters. The van der Waals surface area contributed by atoms with E-state index in [1.807, 2.05) is 6.92 Å². The van der Waals surface area contributed by atoms with Gasteiger partial charge < -0.3 is 10.0 Å². The van der Waals surface area contributed by atoms with E-state index in [1.54, 1.807) is 0 Å². The second kappa shape index (κ2) is 3.54. The number of nitrogens with zero attached hydrogens (tertiary/aromatic N) is 1. The molecule has 1 saturated heterocycles. The first-order chi connectivity index (χ1) is 5.58. The van der Waals surface area contributed by atoms with Gasteiger partial charge in [0.2, 0.25) is 0 Å². The maximum absolute atomic E-state index is 11.3. The number of aliphatic hydroxyl groups excluding tert-OH is 1. The molecule has 3 heteroatoms. The second-order valence-electron chi connectivity index (χ2n) is 3.95. The molecule has 1 fully saturated rings. The minimum atomic E-state index is -0.305. The van der Waals surface area contributed by atoms with Crippen LogP contribution in [-0.4, -0.2) is 42.5 Å². The molecular weight excluding hydrogens is 154 g/mol. The Morgan fingerprint density at radius 3 is 2.42 bits per heavy atom. The van der Waals surface area contributed by atoms with Crippen LogP contribution in [0.5, 0.6) is 0 Å². The Morgan fingerprint density at radius 2 is 2.00 bits per heavy atom. The van der Waals surface area contributed by atoms with Gasteiger partial charge in [0.1, 0.15) is 6.61 Å². The Bertz CT molecular complexity index is 171. The van der Waals surface area contributed by atoms with E-state index in [9.17, 15) is 4.79 Å². The van der Waals surface area contributed by atoms with E-state index in [0.717, 1.165) is 25.9 Å². The van der Waals surface area contributed by atoms with Gasteiger partial charge in [-0.3, -0.25) is 4.79 Å². The summed E-state index contributed by atoms with van der Waals surface area (Å²) in [4.78, 5) is 13.5. The number of piperidine rings is 1. The Morgan fingerprint density at radius 1 is 1.50 bits per heavy atom. The van der Waals surface area contributed by atoms with E-state index in [2.05, 4.69) is 11.9 Å². The molecule has 0 bridgehead atoms. The Labute approximate surface area is 73.4 Å². The number of aliphatic hydroxyl groups is 1. The normalized spacial score (nSPS) is 23.9. The molecule has 12 heavy (non-hydrogen) atoms. The first-order valence-electron chi connectivity index (χ1n) is 4.41. The molecule has 1 heterocycles. The van der Waals surface area contributed by atoms with Gasteiger partial charge >= 0.3 is 0 Å². The van der Waals surface area contributed by atoms with Crippen molar-refractivity contribution in [2.24, 2.45) is 5.41 Å². The minimum absolute atomic E-state index is 0.00407. The summed E-state index contributed by atoms with van der Waals surface area (Å²) in [7, 11) is 2.06. The number of Topliss-reactive ketones (excluding diaryl/α,β-unsaturated/α-hetero) is 1. The number of rotatable bonds is 2. The van der Waals surface area contributed by atoms with Crippen LogP contribution in [0.3, 0.4) is 0 Å². The summed E-state index contributed by atoms with van der Waals surface area (Å²) < 4.78 is 0. The average Bonchev–Trinajstić information content (AvgIpc) is 2.09. The van der Waals surface area contributed by atoms with Crippen LogP contribution in [-0.2, 0) is 4.79 Å². The van der Waals surface area contributed by atoms with Crippen LogP contribution in [0.15, 0.2) is 0 Å². The van der Waals surface area contributed by atoms with Crippen molar-refractivity contribution in [3.63, 3.8) is 0 Å². The van der Waals surface area contributed by atoms with Gasteiger partial charge in [-0.25, -0.2) is 0 Å². The number of ketones is 1. The van der Waals surface area contributed by atoms with Gasteiger partial charge in [0.05, 0.1) is 0 Å². The highest BCUT2D eigenvalue weighted by atomic mass is 16.3. The van der Waals surface area contributed by atoms with Crippen molar-refractivity contribution >= 4 is 5.78 Å². The molecule has 0 spiro atoms. The predicted molar refractivity (Wildman–Crippen MR) is 46.9 cm³/mol. The van der Waals surface area contributed by atoms with E-state index in [4.69, 9.17) is 5.11 Å². The smallest absolute Gasteiger partial charge is 0.164 e. The maximum Gasteiger partial charge on any atom is 0.164 e. The Balaban J connectivity index is 2.55. The molecule has 1 N–H and O–H groups in total. The van der Waals surface area contributed by atoms with E-state index in [0.29, 0.717) is 0 Å². The third-order valence-corrected chi connectivity index (χ3v) is 2.91. The quantitative estimate of drug-likeness (QED) is 0.648. The molecule has 0 aromatic carbocycles. The van der Waals surface area contributed by atoms with E-state index in [-0.39, 0.29) is 17.8 Å². The van der Waals surface area contributed by atoms with Crippen molar-refractivity contribution in [1.29, 1.82) is 0 Å². The third-order valence-electron chi connectivity index (χ3n) is 2.91. The molecule has 0 aliphatic carbocycles. The van der Waals surface area contributed by atoms with Crippen molar-refractivity contribution in [1.82, 2.24) is 4.90 Å². The van der Waals surface area contributed by atoms with Gasteiger partial charge in [-0.15, -0.1) is 0 Å². The summed E-state index contributed by atoms with van der Waals surface area (Å²) in [5.41, 5.74) is -0.263. The summed E-state index contributed by atoms with van der Waals surface area (Å²) in [5, 5.41) is 8.75. The lowest BCUT2D eigenvalue weighted by molar-refractivity contribution is -0.133. The van der Waals surface area contributed by atoms with Gasteiger partial charge in [-0.05, 0) is 33.0 Å². The minimum Gasteiger partial charge on any atom is -0.389 e. The number of hydrogen-bond acceptors (Lipinski definition) is 3. The van der Waals surface area contributed by atoms with Crippen LogP contribution in [0.25, 0.3) is 0 Å². The van der Waals surface area contributed by atoms with Crippen LogP contribution in [0.2, 0.25) is 0 Å². The van der Waals surface area contributed by atoms with Crippen molar-refractivity contribution < 1.29 is 9.90 Å². The van der Waals surface area contributed by atoms with Crippen molar-refractivity contribution in [3.05, 3.63) is 0 Å². The largest absolute Gasteiger partial charge is 0.389 e. The first kappa shape index (κ1) is 9.68. The van der Waals surface area contributed by atoms with Gasteiger partial charge in [-0.1, -0.05) is 6.92 Å². The number of carbonyl (C=O) groups is 1. The SMILES string of the molecule is CN1CCC(C)(C(=O)CO)CC1. The highest BCUT2D eigenvalue weighted by molar-refractivity contribution is 5.85. The molecule has 0 aromatic rings. The second-order valence-corrected chi connectivity index (χ2v) is 3.95. The van der Waals surface area contributed by atoms with Gasteiger partial charge in [0, 0.05) is 5.41 Å². The van der Waals surface area contributed by atoms with Crippen LogP contribution in [0.1, 0.15) is 19.8 Å². The Kier molecular flexibility index (Phi) is 2.85. The third kappa shape index (κ3) is 1.84. The molecule has 0 saturated carbocycles. The maximum atomic E-state index is 11.3. The van der Waals surface area contributed by atoms with Crippen LogP contribution < -0.4 is 0 Å². The number of likely N-dealkylation sites (tertiary alicyclic amines) is 1. The summed E-state index contributed by atoms with van der Waals surface area (Å²) in [6.45, 7) is 3.57.